The van der Waals surface area contributed by atoms with Crippen molar-refractivity contribution in [2.75, 3.05) is 38.7 Å². The molecule has 1 fully saturated rings. The van der Waals surface area contributed by atoms with E-state index >= 15 is 0 Å². The van der Waals surface area contributed by atoms with Crippen LogP contribution in [-0.2, 0) is 17.8 Å². The van der Waals surface area contributed by atoms with Crippen LogP contribution in [0.15, 0.2) is 48.5 Å². The Morgan fingerprint density at radius 1 is 1.12 bits per heavy atom. The summed E-state index contributed by atoms with van der Waals surface area (Å²) in [6.07, 6.45) is 0. The largest absolute Gasteiger partial charge is 0.497 e. The zero-order valence-corrected chi connectivity index (χ0v) is 15.9. The van der Waals surface area contributed by atoms with Crippen LogP contribution in [0.3, 0.4) is 0 Å². The average Bonchev–Trinajstić information content (AvgIpc) is 2.68. The molecule has 1 saturated heterocycles. The number of ether oxygens (including phenoxy) is 2. The van der Waals surface area contributed by atoms with Gasteiger partial charge in [0, 0.05) is 23.9 Å². The Morgan fingerprint density at radius 3 is 2.58 bits per heavy atom. The van der Waals surface area contributed by atoms with Crippen molar-refractivity contribution < 1.29 is 14.4 Å². The molecule has 0 spiro atoms. The molecular formula is C20H26N3O2S+. The summed E-state index contributed by atoms with van der Waals surface area (Å²) >= 11 is 5.37. The van der Waals surface area contributed by atoms with E-state index in [9.17, 15) is 0 Å². The molecule has 0 radical (unpaired) electrons. The number of rotatable bonds is 6. The number of quaternary nitrogens is 1. The van der Waals surface area contributed by atoms with Crippen molar-refractivity contribution in [2.24, 2.45) is 0 Å². The quantitative estimate of drug-likeness (QED) is 0.673. The first-order chi connectivity index (χ1) is 12.7. The van der Waals surface area contributed by atoms with Crippen molar-refractivity contribution in [2.45, 2.75) is 13.1 Å². The third kappa shape index (κ3) is 5.69. The average molecular weight is 373 g/mol. The molecule has 1 aliphatic rings. The van der Waals surface area contributed by atoms with E-state index in [1.165, 1.54) is 11.1 Å². The Bertz CT molecular complexity index is 715. The molecule has 0 bridgehead atoms. The molecular weight excluding hydrogens is 346 g/mol. The lowest BCUT2D eigenvalue weighted by Crippen LogP contribution is -3.12. The zero-order chi connectivity index (χ0) is 18.2. The number of benzene rings is 2. The summed E-state index contributed by atoms with van der Waals surface area (Å²) in [6.45, 7) is 5.68. The van der Waals surface area contributed by atoms with Gasteiger partial charge in [0.05, 0.1) is 20.3 Å². The van der Waals surface area contributed by atoms with Crippen molar-refractivity contribution in [3.05, 3.63) is 59.7 Å². The summed E-state index contributed by atoms with van der Waals surface area (Å²) in [4.78, 5) is 1.59. The van der Waals surface area contributed by atoms with Crippen LogP contribution in [0.4, 0.5) is 5.69 Å². The normalized spacial score (nSPS) is 14.7. The van der Waals surface area contributed by atoms with Gasteiger partial charge in [0.2, 0.25) is 0 Å². The van der Waals surface area contributed by atoms with Crippen molar-refractivity contribution in [3.63, 3.8) is 0 Å². The standard InChI is InChI=1S/C20H25N3O2S/c1-24-19-4-2-3-18(13-19)22-20(26)21-14-16-5-7-17(8-6-16)15-23-9-11-25-12-10-23/h2-8,13H,9-12,14-15H2,1H3,(H2,21,22,26)/p+1. The predicted molar refractivity (Wildman–Crippen MR) is 108 cm³/mol. The fourth-order valence-corrected chi connectivity index (χ4v) is 3.15. The summed E-state index contributed by atoms with van der Waals surface area (Å²) in [5.41, 5.74) is 3.48. The van der Waals surface area contributed by atoms with Crippen LogP contribution in [-0.4, -0.2) is 38.5 Å². The molecule has 5 nitrogen and oxygen atoms in total. The zero-order valence-electron chi connectivity index (χ0n) is 15.1. The van der Waals surface area contributed by atoms with Gasteiger partial charge in [-0.2, -0.15) is 0 Å². The first-order valence-electron chi connectivity index (χ1n) is 8.91. The van der Waals surface area contributed by atoms with Crippen molar-refractivity contribution >= 4 is 23.0 Å². The number of anilines is 1. The van der Waals surface area contributed by atoms with Gasteiger partial charge in [0.25, 0.3) is 0 Å². The van der Waals surface area contributed by atoms with Crippen LogP contribution in [0.1, 0.15) is 11.1 Å². The molecule has 0 aliphatic carbocycles. The van der Waals surface area contributed by atoms with Crippen LogP contribution >= 0.6 is 12.2 Å². The topological polar surface area (TPSA) is 47.0 Å². The number of hydrogen-bond acceptors (Lipinski definition) is 3. The number of hydrogen-bond donors (Lipinski definition) is 3. The molecule has 2 aromatic carbocycles. The van der Waals surface area contributed by atoms with E-state index in [2.05, 4.69) is 34.9 Å². The van der Waals surface area contributed by atoms with Crippen molar-refractivity contribution in [3.8, 4) is 5.75 Å². The van der Waals surface area contributed by atoms with Gasteiger partial charge < -0.3 is 25.0 Å². The Kier molecular flexibility index (Phi) is 6.82. The minimum Gasteiger partial charge on any atom is -0.497 e. The molecule has 1 aliphatic heterocycles. The predicted octanol–water partition coefficient (Wildman–Crippen LogP) is 1.60. The second-order valence-corrected chi connectivity index (χ2v) is 6.80. The highest BCUT2D eigenvalue weighted by molar-refractivity contribution is 7.80. The van der Waals surface area contributed by atoms with Gasteiger partial charge in [-0.3, -0.25) is 0 Å². The van der Waals surface area contributed by atoms with Crippen LogP contribution in [0.2, 0.25) is 0 Å². The van der Waals surface area contributed by atoms with Gasteiger partial charge >= 0.3 is 0 Å². The van der Waals surface area contributed by atoms with Gasteiger partial charge in [0.15, 0.2) is 5.11 Å². The lowest BCUT2D eigenvalue weighted by atomic mass is 10.1. The summed E-state index contributed by atoms with van der Waals surface area (Å²) in [5.74, 6) is 0.802. The Labute approximate surface area is 160 Å². The first kappa shape index (κ1) is 18.6. The molecule has 3 N–H and O–H groups in total. The summed E-state index contributed by atoms with van der Waals surface area (Å²) < 4.78 is 10.6. The van der Waals surface area contributed by atoms with E-state index in [4.69, 9.17) is 21.7 Å². The van der Waals surface area contributed by atoms with Gasteiger partial charge in [0.1, 0.15) is 25.4 Å². The molecule has 1 heterocycles. The molecule has 26 heavy (non-hydrogen) atoms. The second kappa shape index (κ2) is 9.52. The third-order valence-electron chi connectivity index (χ3n) is 4.46. The van der Waals surface area contributed by atoms with E-state index in [1.807, 2.05) is 24.3 Å². The van der Waals surface area contributed by atoms with Crippen molar-refractivity contribution in [1.29, 1.82) is 0 Å². The molecule has 3 rings (SSSR count). The maximum atomic E-state index is 5.41. The van der Waals surface area contributed by atoms with Gasteiger partial charge in [-0.05, 0) is 29.9 Å². The highest BCUT2D eigenvalue weighted by Crippen LogP contribution is 2.16. The van der Waals surface area contributed by atoms with E-state index < -0.39 is 0 Å². The van der Waals surface area contributed by atoms with Crippen LogP contribution < -0.4 is 20.3 Å². The minimum absolute atomic E-state index is 0.597. The maximum Gasteiger partial charge on any atom is 0.171 e. The Balaban J connectivity index is 1.45. The molecule has 0 amide bonds. The summed E-state index contributed by atoms with van der Waals surface area (Å²) in [5, 5.41) is 7.02. The number of morpholine rings is 1. The fraction of sp³-hybridized carbons (Fsp3) is 0.350. The fourth-order valence-electron chi connectivity index (χ4n) is 2.96. The third-order valence-corrected chi connectivity index (χ3v) is 4.70. The number of nitrogens with one attached hydrogen (secondary N) is 3. The van der Waals surface area contributed by atoms with Crippen LogP contribution in [0.25, 0.3) is 0 Å². The van der Waals surface area contributed by atoms with E-state index in [1.54, 1.807) is 12.0 Å². The molecule has 138 valence electrons. The Hall–Kier alpha value is -2.15. The molecule has 2 aromatic rings. The monoisotopic (exact) mass is 372 g/mol. The van der Waals surface area contributed by atoms with E-state index in [0.717, 1.165) is 44.3 Å². The van der Waals surface area contributed by atoms with E-state index in [-0.39, 0.29) is 0 Å². The smallest absolute Gasteiger partial charge is 0.171 e. The highest BCUT2D eigenvalue weighted by atomic mass is 32.1. The first-order valence-corrected chi connectivity index (χ1v) is 9.32. The molecule has 6 heteroatoms. The lowest BCUT2D eigenvalue weighted by molar-refractivity contribution is -0.921. The van der Waals surface area contributed by atoms with E-state index in [0.29, 0.717) is 11.7 Å². The SMILES string of the molecule is COc1cccc(NC(=S)NCc2ccc(C[NH+]3CCOCC3)cc2)c1. The van der Waals surface area contributed by atoms with Gasteiger partial charge in [-0.1, -0.05) is 30.3 Å². The number of thiocarbonyl (C=S) groups is 1. The summed E-state index contributed by atoms with van der Waals surface area (Å²) in [6, 6.07) is 16.4. The molecule has 0 aromatic heterocycles. The molecule has 0 saturated carbocycles. The minimum atomic E-state index is 0.597. The maximum absolute atomic E-state index is 5.41. The molecule has 0 unspecified atom stereocenters. The van der Waals surface area contributed by atoms with Gasteiger partial charge in [-0.25, -0.2) is 0 Å². The summed E-state index contributed by atoms with van der Waals surface area (Å²) in [7, 11) is 1.65. The van der Waals surface area contributed by atoms with Gasteiger partial charge in [-0.15, -0.1) is 0 Å². The Morgan fingerprint density at radius 2 is 1.85 bits per heavy atom. The lowest BCUT2D eigenvalue weighted by Gasteiger charge is -2.23. The second-order valence-electron chi connectivity index (χ2n) is 6.40. The molecule has 0 atom stereocenters. The van der Waals surface area contributed by atoms with Crippen molar-refractivity contribution in [1.82, 2.24) is 5.32 Å². The van der Waals surface area contributed by atoms with Crippen LogP contribution in [0, 0.1) is 0 Å². The van der Waals surface area contributed by atoms with Crippen LogP contribution in [0.5, 0.6) is 5.75 Å². The number of methoxy groups -OCH3 is 1. The highest BCUT2D eigenvalue weighted by Gasteiger charge is 2.13.